The number of hydrogen-bond acceptors (Lipinski definition) is 5. The number of piperidine rings is 1. The minimum atomic E-state index is -0.575. The molecular formula is C20H28N4O3. The first kappa shape index (κ1) is 19.5. The SMILES string of the molecule is CNCC(C)(C)N(C)Cc1cccc2c1C(=O)N(C1CCC(=O)NC1=O)C2. The number of hydrogen-bond donors (Lipinski definition) is 2. The van der Waals surface area contributed by atoms with Crippen molar-refractivity contribution in [3.63, 3.8) is 0 Å². The molecule has 2 heterocycles. The van der Waals surface area contributed by atoms with Crippen LogP contribution in [-0.4, -0.2) is 59.7 Å². The van der Waals surface area contributed by atoms with Crippen LogP contribution in [0.25, 0.3) is 0 Å². The van der Waals surface area contributed by atoms with Crippen LogP contribution < -0.4 is 10.6 Å². The van der Waals surface area contributed by atoms with E-state index in [0.717, 1.165) is 17.7 Å². The third-order valence-electron chi connectivity index (χ3n) is 5.69. The second kappa shape index (κ2) is 7.40. The van der Waals surface area contributed by atoms with Crippen molar-refractivity contribution in [2.75, 3.05) is 20.6 Å². The van der Waals surface area contributed by atoms with Crippen molar-refractivity contribution < 1.29 is 14.4 Å². The van der Waals surface area contributed by atoms with Gasteiger partial charge in [0, 0.05) is 37.2 Å². The Morgan fingerprint density at radius 3 is 2.70 bits per heavy atom. The van der Waals surface area contributed by atoms with Crippen LogP contribution in [-0.2, 0) is 22.7 Å². The minimum Gasteiger partial charge on any atom is -0.322 e. The van der Waals surface area contributed by atoms with Crippen molar-refractivity contribution >= 4 is 17.7 Å². The van der Waals surface area contributed by atoms with Crippen LogP contribution >= 0.6 is 0 Å². The van der Waals surface area contributed by atoms with Gasteiger partial charge in [0.1, 0.15) is 6.04 Å². The van der Waals surface area contributed by atoms with Crippen LogP contribution in [0, 0.1) is 0 Å². The molecule has 146 valence electrons. The van der Waals surface area contributed by atoms with E-state index in [1.165, 1.54) is 0 Å². The quantitative estimate of drug-likeness (QED) is 0.725. The maximum absolute atomic E-state index is 13.1. The number of rotatable bonds is 6. The summed E-state index contributed by atoms with van der Waals surface area (Å²) in [7, 11) is 3.98. The van der Waals surface area contributed by atoms with Crippen molar-refractivity contribution in [2.24, 2.45) is 0 Å². The van der Waals surface area contributed by atoms with Gasteiger partial charge in [-0.05, 0) is 45.5 Å². The third-order valence-corrected chi connectivity index (χ3v) is 5.69. The summed E-state index contributed by atoms with van der Waals surface area (Å²) in [6.07, 6.45) is 0.652. The van der Waals surface area contributed by atoms with Gasteiger partial charge in [0.15, 0.2) is 0 Å². The predicted octanol–water partition coefficient (Wildman–Crippen LogP) is 0.877. The van der Waals surface area contributed by atoms with E-state index in [4.69, 9.17) is 0 Å². The van der Waals surface area contributed by atoms with Crippen molar-refractivity contribution in [1.82, 2.24) is 20.4 Å². The van der Waals surface area contributed by atoms with Crippen molar-refractivity contribution in [2.45, 2.75) is 51.4 Å². The van der Waals surface area contributed by atoms with Crippen LogP contribution in [0.1, 0.15) is 48.2 Å². The molecule has 2 aliphatic rings. The molecule has 1 aromatic rings. The summed E-state index contributed by atoms with van der Waals surface area (Å²) in [5.74, 6) is -0.759. The number of fused-ring (bicyclic) bond motifs is 1. The Hall–Kier alpha value is -2.25. The van der Waals surface area contributed by atoms with E-state index in [9.17, 15) is 14.4 Å². The highest BCUT2D eigenvalue weighted by atomic mass is 16.2. The number of likely N-dealkylation sites (N-methyl/N-ethyl adjacent to an activating group) is 2. The normalized spacial score (nSPS) is 20.3. The maximum atomic E-state index is 13.1. The second-order valence-electron chi connectivity index (χ2n) is 8.05. The van der Waals surface area contributed by atoms with E-state index >= 15 is 0 Å². The summed E-state index contributed by atoms with van der Waals surface area (Å²) in [4.78, 5) is 40.6. The summed E-state index contributed by atoms with van der Waals surface area (Å²) in [6, 6.07) is 5.32. The van der Waals surface area contributed by atoms with E-state index in [-0.39, 0.29) is 29.7 Å². The number of benzene rings is 1. The smallest absolute Gasteiger partial charge is 0.255 e. The number of carbonyl (C=O) groups excluding carboxylic acids is 3. The van der Waals surface area contributed by atoms with Crippen LogP contribution in [0.2, 0.25) is 0 Å². The average molecular weight is 372 g/mol. The molecule has 1 atom stereocenters. The molecule has 0 spiro atoms. The lowest BCUT2D eigenvalue weighted by molar-refractivity contribution is -0.136. The van der Waals surface area contributed by atoms with E-state index in [0.29, 0.717) is 25.1 Å². The Morgan fingerprint density at radius 1 is 1.30 bits per heavy atom. The molecular weight excluding hydrogens is 344 g/mol. The number of nitrogens with one attached hydrogen (secondary N) is 2. The molecule has 0 bridgehead atoms. The number of nitrogens with zero attached hydrogens (tertiary/aromatic N) is 2. The molecule has 7 nitrogen and oxygen atoms in total. The van der Waals surface area contributed by atoms with E-state index in [1.807, 2.05) is 32.3 Å². The van der Waals surface area contributed by atoms with Crippen LogP contribution in [0.15, 0.2) is 18.2 Å². The fraction of sp³-hybridized carbons (Fsp3) is 0.550. The van der Waals surface area contributed by atoms with E-state index in [1.54, 1.807) is 4.90 Å². The first-order chi connectivity index (χ1) is 12.7. The number of amides is 3. The molecule has 0 saturated carbocycles. The molecule has 7 heteroatoms. The average Bonchev–Trinajstić information content (AvgIpc) is 2.92. The highest BCUT2D eigenvalue weighted by Gasteiger charge is 2.40. The lowest BCUT2D eigenvalue weighted by Gasteiger charge is -2.36. The van der Waals surface area contributed by atoms with Gasteiger partial charge >= 0.3 is 0 Å². The van der Waals surface area contributed by atoms with Crippen LogP contribution in [0.4, 0.5) is 0 Å². The standard InChI is InChI=1S/C20H28N4O3/c1-20(2,12-21-3)23(4)10-13-6-5-7-14-11-24(19(27)17(13)14)15-8-9-16(25)22-18(15)26/h5-7,15,21H,8-12H2,1-4H3,(H,22,25,26). The van der Waals surface area contributed by atoms with Gasteiger partial charge in [-0.1, -0.05) is 18.2 Å². The Balaban J connectivity index is 1.82. The van der Waals surface area contributed by atoms with Gasteiger partial charge in [0.2, 0.25) is 11.8 Å². The molecule has 0 aromatic heterocycles. The van der Waals surface area contributed by atoms with E-state index < -0.39 is 6.04 Å². The molecule has 27 heavy (non-hydrogen) atoms. The fourth-order valence-corrected chi connectivity index (χ4v) is 3.86. The zero-order chi connectivity index (χ0) is 19.8. The molecule has 0 aliphatic carbocycles. The first-order valence-corrected chi connectivity index (χ1v) is 9.36. The topological polar surface area (TPSA) is 81.8 Å². The Bertz CT molecular complexity index is 774. The largest absolute Gasteiger partial charge is 0.322 e. The number of carbonyl (C=O) groups is 3. The monoisotopic (exact) mass is 372 g/mol. The molecule has 1 aromatic carbocycles. The van der Waals surface area contributed by atoms with Gasteiger partial charge in [0.05, 0.1) is 0 Å². The second-order valence-corrected chi connectivity index (χ2v) is 8.05. The lowest BCUT2D eigenvalue weighted by atomic mass is 9.99. The summed E-state index contributed by atoms with van der Waals surface area (Å²) in [5, 5.41) is 5.55. The van der Waals surface area contributed by atoms with Crippen LogP contribution in [0.5, 0.6) is 0 Å². The van der Waals surface area contributed by atoms with Crippen molar-refractivity contribution in [1.29, 1.82) is 0 Å². The zero-order valence-electron chi connectivity index (χ0n) is 16.5. The summed E-state index contributed by atoms with van der Waals surface area (Å²) < 4.78 is 0. The van der Waals surface area contributed by atoms with Crippen LogP contribution in [0.3, 0.4) is 0 Å². The molecule has 3 rings (SSSR count). The summed E-state index contributed by atoms with van der Waals surface area (Å²) in [6.45, 7) is 6.20. The minimum absolute atomic E-state index is 0.0670. The van der Waals surface area contributed by atoms with Gasteiger partial charge in [-0.15, -0.1) is 0 Å². The molecule has 0 radical (unpaired) electrons. The molecule has 3 amide bonds. The van der Waals surface area contributed by atoms with Gasteiger partial charge in [-0.3, -0.25) is 24.6 Å². The van der Waals surface area contributed by atoms with Gasteiger partial charge in [0.25, 0.3) is 5.91 Å². The maximum Gasteiger partial charge on any atom is 0.255 e. The molecule has 2 N–H and O–H groups in total. The molecule has 1 unspecified atom stereocenters. The molecule has 1 saturated heterocycles. The van der Waals surface area contributed by atoms with E-state index in [2.05, 4.69) is 29.4 Å². The van der Waals surface area contributed by atoms with Crippen molar-refractivity contribution in [3.05, 3.63) is 34.9 Å². The zero-order valence-corrected chi connectivity index (χ0v) is 16.5. The fourth-order valence-electron chi connectivity index (χ4n) is 3.86. The number of imide groups is 1. The highest BCUT2D eigenvalue weighted by Crippen LogP contribution is 2.31. The Kier molecular flexibility index (Phi) is 5.35. The highest BCUT2D eigenvalue weighted by molar-refractivity contribution is 6.05. The van der Waals surface area contributed by atoms with Gasteiger partial charge < -0.3 is 10.2 Å². The summed E-state index contributed by atoms with van der Waals surface area (Å²) >= 11 is 0. The van der Waals surface area contributed by atoms with Gasteiger partial charge in [-0.25, -0.2) is 0 Å². The Labute approximate surface area is 160 Å². The molecule has 1 fully saturated rings. The Morgan fingerprint density at radius 2 is 2.04 bits per heavy atom. The predicted molar refractivity (Wildman–Crippen MR) is 102 cm³/mol. The third kappa shape index (κ3) is 3.75. The van der Waals surface area contributed by atoms with Gasteiger partial charge in [-0.2, -0.15) is 0 Å². The lowest BCUT2D eigenvalue weighted by Crippen LogP contribution is -2.52. The first-order valence-electron chi connectivity index (χ1n) is 9.36. The van der Waals surface area contributed by atoms with Crippen molar-refractivity contribution in [3.8, 4) is 0 Å². The summed E-state index contributed by atoms with van der Waals surface area (Å²) in [5.41, 5.74) is 2.55. The molecule has 2 aliphatic heterocycles.